The Balaban J connectivity index is 3.54. The number of carbonyl (C=O) groups is 1. The van der Waals surface area contributed by atoms with E-state index in [2.05, 4.69) is 4.74 Å². The molecule has 0 spiro atoms. The molecule has 0 aliphatic rings. The highest BCUT2D eigenvalue weighted by Crippen LogP contribution is 1.89. The SMILES string of the molecule is CC(C)=CC(=O)OCCO. The molecule has 3 nitrogen and oxygen atoms in total. The van der Waals surface area contributed by atoms with E-state index in [-0.39, 0.29) is 13.2 Å². The van der Waals surface area contributed by atoms with Gasteiger partial charge in [0.25, 0.3) is 0 Å². The number of aliphatic hydroxyl groups excluding tert-OH is 1. The second-order valence-corrected chi connectivity index (χ2v) is 2.11. The van der Waals surface area contributed by atoms with E-state index >= 15 is 0 Å². The second-order valence-electron chi connectivity index (χ2n) is 2.11. The van der Waals surface area contributed by atoms with E-state index in [4.69, 9.17) is 5.11 Å². The minimum Gasteiger partial charge on any atom is -0.460 e. The quantitative estimate of drug-likeness (QED) is 0.463. The molecule has 0 aromatic carbocycles. The van der Waals surface area contributed by atoms with E-state index in [1.54, 1.807) is 13.8 Å². The Morgan fingerprint density at radius 2 is 2.20 bits per heavy atom. The maximum Gasteiger partial charge on any atom is 0.330 e. The number of hydrogen-bond donors (Lipinski definition) is 1. The summed E-state index contributed by atoms with van der Waals surface area (Å²) in [7, 11) is 0. The van der Waals surface area contributed by atoms with Gasteiger partial charge in [-0.2, -0.15) is 0 Å². The van der Waals surface area contributed by atoms with Crippen molar-refractivity contribution >= 4 is 5.97 Å². The minimum absolute atomic E-state index is 0.0720. The zero-order chi connectivity index (χ0) is 7.98. The van der Waals surface area contributed by atoms with Crippen molar-refractivity contribution in [3.05, 3.63) is 11.6 Å². The van der Waals surface area contributed by atoms with E-state index in [9.17, 15) is 4.79 Å². The molecule has 0 heterocycles. The van der Waals surface area contributed by atoms with Crippen LogP contribution in [0, 0.1) is 0 Å². The lowest BCUT2D eigenvalue weighted by molar-refractivity contribution is -0.138. The molecule has 0 unspecified atom stereocenters. The molecule has 10 heavy (non-hydrogen) atoms. The van der Waals surface area contributed by atoms with Gasteiger partial charge in [-0.15, -0.1) is 0 Å². The van der Waals surface area contributed by atoms with Crippen LogP contribution in [0.15, 0.2) is 11.6 Å². The predicted molar refractivity (Wildman–Crippen MR) is 37.5 cm³/mol. The summed E-state index contributed by atoms with van der Waals surface area (Å²) in [5, 5.41) is 8.25. The first kappa shape index (κ1) is 9.17. The molecule has 0 bridgehead atoms. The van der Waals surface area contributed by atoms with E-state index < -0.39 is 5.97 Å². The van der Waals surface area contributed by atoms with Crippen LogP contribution in [-0.2, 0) is 9.53 Å². The number of esters is 1. The fraction of sp³-hybridized carbons (Fsp3) is 0.571. The lowest BCUT2D eigenvalue weighted by Gasteiger charge is -1.96. The first-order valence-electron chi connectivity index (χ1n) is 3.09. The molecule has 0 rings (SSSR count). The van der Waals surface area contributed by atoms with Crippen molar-refractivity contribution in [2.24, 2.45) is 0 Å². The summed E-state index contributed by atoms with van der Waals surface area (Å²) in [6, 6.07) is 0. The van der Waals surface area contributed by atoms with Crippen molar-refractivity contribution in [1.82, 2.24) is 0 Å². The zero-order valence-electron chi connectivity index (χ0n) is 6.26. The molecule has 0 amide bonds. The second kappa shape index (κ2) is 4.99. The molecule has 1 N–H and O–H groups in total. The van der Waals surface area contributed by atoms with Crippen LogP contribution in [0.5, 0.6) is 0 Å². The summed E-state index contributed by atoms with van der Waals surface area (Å²) in [4.78, 5) is 10.6. The summed E-state index contributed by atoms with van der Waals surface area (Å²) in [5.74, 6) is -0.394. The summed E-state index contributed by atoms with van der Waals surface area (Å²) < 4.78 is 4.54. The van der Waals surface area contributed by atoms with Gasteiger partial charge in [0.1, 0.15) is 6.61 Å². The van der Waals surface area contributed by atoms with Crippen LogP contribution in [0.4, 0.5) is 0 Å². The number of aliphatic hydroxyl groups is 1. The van der Waals surface area contributed by atoms with Crippen molar-refractivity contribution in [2.75, 3.05) is 13.2 Å². The molecule has 58 valence electrons. The Hall–Kier alpha value is -0.830. The monoisotopic (exact) mass is 144 g/mol. The summed E-state index contributed by atoms with van der Waals surface area (Å²) in [6.45, 7) is 3.56. The Labute approximate surface area is 60.3 Å². The van der Waals surface area contributed by atoms with Gasteiger partial charge in [0.2, 0.25) is 0 Å². The average molecular weight is 144 g/mol. The van der Waals surface area contributed by atoms with Crippen molar-refractivity contribution in [3.63, 3.8) is 0 Å². The van der Waals surface area contributed by atoms with Crippen molar-refractivity contribution in [2.45, 2.75) is 13.8 Å². The van der Waals surface area contributed by atoms with Crippen molar-refractivity contribution in [3.8, 4) is 0 Å². The molecule has 3 heteroatoms. The molecule has 0 atom stereocenters. The van der Waals surface area contributed by atoms with Crippen LogP contribution >= 0.6 is 0 Å². The van der Waals surface area contributed by atoms with Crippen LogP contribution < -0.4 is 0 Å². The molecule has 0 fully saturated rings. The zero-order valence-corrected chi connectivity index (χ0v) is 6.26. The Morgan fingerprint density at radius 1 is 1.60 bits per heavy atom. The molecule has 0 radical (unpaired) electrons. The summed E-state index contributed by atoms with van der Waals surface area (Å²) in [5.41, 5.74) is 0.892. The van der Waals surface area contributed by atoms with Gasteiger partial charge >= 0.3 is 5.97 Å². The van der Waals surface area contributed by atoms with Gasteiger partial charge < -0.3 is 9.84 Å². The summed E-state index contributed by atoms with van der Waals surface area (Å²) >= 11 is 0. The number of carbonyl (C=O) groups excluding carboxylic acids is 1. The van der Waals surface area contributed by atoms with Gasteiger partial charge in [-0.3, -0.25) is 0 Å². The third-order valence-corrected chi connectivity index (χ3v) is 0.742. The smallest absolute Gasteiger partial charge is 0.330 e. The molecular formula is C7H12O3. The first-order chi connectivity index (χ1) is 4.66. The van der Waals surface area contributed by atoms with E-state index in [1.165, 1.54) is 6.08 Å². The highest BCUT2D eigenvalue weighted by Gasteiger charge is 1.94. The lowest BCUT2D eigenvalue weighted by Crippen LogP contribution is -2.05. The number of hydrogen-bond acceptors (Lipinski definition) is 3. The number of rotatable bonds is 3. The van der Waals surface area contributed by atoms with Crippen LogP contribution in [0.3, 0.4) is 0 Å². The third kappa shape index (κ3) is 5.31. The van der Waals surface area contributed by atoms with Gasteiger partial charge in [0, 0.05) is 6.08 Å². The van der Waals surface area contributed by atoms with Gasteiger partial charge in [0.05, 0.1) is 6.61 Å². The normalized spacial score (nSPS) is 8.70. The third-order valence-electron chi connectivity index (χ3n) is 0.742. The van der Waals surface area contributed by atoms with Crippen LogP contribution in [0.2, 0.25) is 0 Å². The lowest BCUT2D eigenvalue weighted by atomic mass is 10.3. The van der Waals surface area contributed by atoms with E-state index in [0.29, 0.717) is 0 Å². The number of allylic oxidation sites excluding steroid dienone is 1. The van der Waals surface area contributed by atoms with Crippen LogP contribution in [0.25, 0.3) is 0 Å². The first-order valence-corrected chi connectivity index (χ1v) is 3.09. The number of ether oxygens (including phenoxy) is 1. The topological polar surface area (TPSA) is 46.5 Å². The van der Waals surface area contributed by atoms with Gasteiger partial charge in [-0.25, -0.2) is 4.79 Å². The largest absolute Gasteiger partial charge is 0.460 e. The average Bonchev–Trinajstić information content (AvgIpc) is 1.82. The fourth-order valence-corrected chi connectivity index (χ4v) is 0.424. The maximum absolute atomic E-state index is 10.6. The van der Waals surface area contributed by atoms with Gasteiger partial charge in [0.15, 0.2) is 0 Å². The Bertz CT molecular complexity index is 134. The van der Waals surface area contributed by atoms with Gasteiger partial charge in [-0.1, -0.05) is 5.57 Å². The van der Waals surface area contributed by atoms with Gasteiger partial charge in [-0.05, 0) is 13.8 Å². The molecule has 0 saturated heterocycles. The summed E-state index contributed by atoms with van der Waals surface area (Å²) in [6.07, 6.45) is 1.38. The molecule has 0 aliphatic carbocycles. The fourth-order valence-electron chi connectivity index (χ4n) is 0.424. The predicted octanol–water partition coefficient (Wildman–Crippen LogP) is 0.488. The molecular weight excluding hydrogens is 132 g/mol. The highest BCUT2D eigenvalue weighted by molar-refractivity contribution is 5.82. The Morgan fingerprint density at radius 3 is 2.60 bits per heavy atom. The Kier molecular flexibility index (Phi) is 4.58. The minimum atomic E-state index is -0.394. The van der Waals surface area contributed by atoms with Crippen molar-refractivity contribution in [1.29, 1.82) is 0 Å². The maximum atomic E-state index is 10.6. The van der Waals surface area contributed by atoms with Crippen LogP contribution in [0.1, 0.15) is 13.8 Å². The van der Waals surface area contributed by atoms with E-state index in [0.717, 1.165) is 5.57 Å². The molecule has 0 saturated carbocycles. The molecule has 0 aromatic rings. The van der Waals surface area contributed by atoms with Crippen molar-refractivity contribution < 1.29 is 14.6 Å². The standard InChI is InChI=1S/C7H12O3/c1-6(2)5-7(9)10-4-3-8/h5,8H,3-4H2,1-2H3. The molecule has 0 aliphatic heterocycles. The highest BCUT2D eigenvalue weighted by atomic mass is 16.5. The van der Waals surface area contributed by atoms with Crippen LogP contribution in [-0.4, -0.2) is 24.3 Å². The van der Waals surface area contributed by atoms with E-state index in [1.807, 2.05) is 0 Å². The molecule has 0 aromatic heterocycles.